The number of halogens is 1. The van der Waals surface area contributed by atoms with Gasteiger partial charge in [-0.3, -0.25) is 9.69 Å². The summed E-state index contributed by atoms with van der Waals surface area (Å²) in [5.74, 6) is 1.12. The third kappa shape index (κ3) is 3.41. The van der Waals surface area contributed by atoms with Crippen LogP contribution in [0.25, 0.3) is 0 Å². The minimum atomic E-state index is -0.125. The molecule has 2 heterocycles. The number of anilines is 1. The third-order valence-corrected chi connectivity index (χ3v) is 4.84. The summed E-state index contributed by atoms with van der Waals surface area (Å²) in [6, 6.07) is 1.53. The van der Waals surface area contributed by atoms with Crippen LogP contribution in [0.4, 0.5) is 5.82 Å². The van der Waals surface area contributed by atoms with Gasteiger partial charge >= 0.3 is 0 Å². The number of H-pyrrole nitrogens is 1. The van der Waals surface area contributed by atoms with E-state index in [9.17, 15) is 9.90 Å². The Bertz CT molecular complexity index is 660. The summed E-state index contributed by atoms with van der Waals surface area (Å²) in [7, 11) is 0. The highest BCUT2D eigenvalue weighted by atomic mass is 79.9. The lowest BCUT2D eigenvalue weighted by Crippen LogP contribution is -2.47. The minimum Gasteiger partial charge on any atom is -0.507 e. The molecule has 0 bridgehead atoms. The summed E-state index contributed by atoms with van der Waals surface area (Å²) in [6.07, 6.45) is 5.40. The first-order valence-corrected chi connectivity index (χ1v) is 8.22. The average molecular weight is 367 g/mol. The molecule has 0 unspecified atom stereocenters. The molecular weight excluding hydrogens is 348 g/mol. The Morgan fingerprint density at radius 3 is 2.82 bits per heavy atom. The molecule has 1 aliphatic carbocycles. The topological polar surface area (TPSA) is 72.5 Å². The highest BCUT2D eigenvalue weighted by Crippen LogP contribution is 2.28. The van der Waals surface area contributed by atoms with Gasteiger partial charge < -0.3 is 15.0 Å². The second kappa shape index (κ2) is 6.66. The number of aromatic amines is 1. The van der Waals surface area contributed by atoms with E-state index < -0.39 is 0 Å². The van der Waals surface area contributed by atoms with Crippen LogP contribution in [0.1, 0.15) is 12.8 Å². The SMILES string of the molecule is O=c1cc(N2CCN(CC3=CCCC(Br)=C3O)CC2)nc[nH]1. The maximum Gasteiger partial charge on any atom is 0.252 e. The summed E-state index contributed by atoms with van der Waals surface area (Å²) in [5.41, 5.74) is 0.876. The van der Waals surface area contributed by atoms with Crippen LogP contribution < -0.4 is 10.5 Å². The smallest absolute Gasteiger partial charge is 0.252 e. The van der Waals surface area contributed by atoms with Crippen LogP contribution in [0.15, 0.2) is 39.1 Å². The van der Waals surface area contributed by atoms with E-state index in [0.717, 1.165) is 61.4 Å². The number of rotatable bonds is 3. The van der Waals surface area contributed by atoms with E-state index in [1.807, 2.05) is 0 Å². The van der Waals surface area contributed by atoms with E-state index >= 15 is 0 Å². The van der Waals surface area contributed by atoms with Crippen molar-refractivity contribution in [3.05, 3.63) is 44.6 Å². The van der Waals surface area contributed by atoms with Gasteiger partial charge in [-0.1, -0.05) is 22.0 Å². The van der Waals surface area contributed by atoms with Gasteiger partial charge in [-0.15, -0.1) is 0 Å². The Balaban J connectivity index is 1.58. The number of nitrogens with zero attached hydrogens (tertiary/aromatic N) is 3. The second-order valence-corrected chi connectivity index (χ2v) is 6.51. The molecule has 118 valence electrons. The van der Waals surface area contributed by atoms with Crippen molar-refractivity contribution in [3.8, 4) is 0 Å². The molecular formula is C15H19BrN4O2. The molecule has 7 heteroatoms. The van der Waals surface area contributed by atoms with Crippen LogP contribution in [-0.2, 0) is 0 Å². The molecule has 0 saturated carbocycles. The molecule has 2 N–H and O–H groups in total. The van der Waals surface area contributed by atoms with Gasteiger partial charge in [0.25, 0.3) is 5.56 Å². The maximum atomic E-state index is 11.3. The molecule has 0 radical (unpaired) electrons. The Morgan fingerprint density at radius 2 is 2.09 bits per heavy atom. The van der Waals surface area contributed by atoms with Crippen molar-refractivity contribution in [2.45, 2.75) is 12.8 Å². The molecule has 0 aromatic carbocycles. The Morgan fingerprint density at radius 1 is 1.32 bits per heavy atom. The molecule has 2 aliphatic rings. The first kappa shape index (κ1) is 15.3. The van der Waals surface area contributed by atoms with Crippen molar-refractivity contribution in [1.29, 1.82) is 0 Å². The minimum absolute atomic E-state index is 0.125. The molecule has 22 heavy (non-hydrogen) atoms. The molecule has 6 nitrogen and oxygen atoms in total. The lowest BCUT2D eigenvalue weighted by Gasteiger charge is -2.35. The third-order valence-electron chi connectivity index (χ3n) is 4.07. The second-order valence-electron chi connectivity index (χ2n) is 5.55. The molecule has 3 rings (SSSR count). The number of aliphatic hydroxyl groups excluding tert-OH is 1. The lowest BCUT2D eigenvalue weighted by molar-refractivity contribution is 0.270. The zero-order chi connectivity index (χ0) is 15.5. The van der Waals surface area contributed by atoms with Crippen LogP contribution in [-0.4, -0.2) is 52.7 Å². The lowest BCUT2D eigenvalue weighted by atomic mass is 10.0. The largest absolute Gasteiger partial charge is 0.507 e. The quantitative estimate of drug-likeness (QED) is 0.852. The van der Waals surface area contributed by atoms with Crippen molar-refractivity contribution in [2.75, 3.05) is 37.6 Å². The highest BCUT2D eigenvalue weighted by molar-refractivity contribution is 9.11. The molecule has 0 atom stereocenters. The van der Waals surface area contributed by atoms with Gasteiger partial charge in [0.05, 0.1) is 6.33 Å². The molecule has 0 spiro atoms. The first-order valence-electron chi connectivity index (χ1n) is 7.42. The van der Waals surface area contributed by atoms with Crippen LogP contribution in [0.5, 0.6) is 0 Å². The number of aromatic nitrogens is 2. The summed E-state index contributed by atoms with van der Waals surface area (Å²) in [5, 5.41) is 10.1. The fourth-order valence-corrected chi connectivity index (χ4v) is 3.29. The predicted octanol–water partition coefficient (Wildman–Crippen LogP) is 1.78. The first-order chi connectivity index (χ1) is 10.6. The molecule has 0 amide bonds. The summed E-state index contributed by atoms with van der Waals surface area (Å²) in [4.78, 5) is 22.5. The van der Waals surface area contributed by atoms with Crippen molar-refractivity contribution in [1.82, 2.24) is 14.9 Å². The number of nitrogens with one attached hydrogen (secondary N) is 1. The van der Waals surface area contributed by atoms with Gasteiger partial charge in [0, 0.05) is 48.8 Å². The molecule has 1 saturated heterocycles. The van der Waals surface area contributed by atoms with E-state index in [1.54, 1.807) is 0 Å². The normalized spacial score (nSPS) is 20.2. The number of allylic oxidation sites excluding steroid dienone is 2. The van der Waals surface area contributed by atoms with Crippen LogP contribution >= 0.6 is 15.9 Å². The summed E-state index contributed by atoms with van der Waals surface area (Å²) in [6.45, 7) is 4.19. The Kier molecular flexibility index (Phi) is 4.63. The van der Waals surface area contributed by atoms with Gasteiger partial charge in [-0.2, -0.15) is 0 Å². The van der Waals surface area contributed by atoms with Crippen LogP contribution in [0.2, 0.25) is 0 Å². The molecule has 1 aromatic rings. The Labute approximate surface area is 137 Å². The number of hydrogen-bond acceptors (Lipinski definition) is 5. The maximum absolute atomic E-state index is 11.3. The van der Waals surface area contributed by atoms with Gasteiger partial charge in [0.15, 0.2) is 0 Å². The highest BCUT2D eigenvalue weighted by Gasteiger charge is 2.21. The van der Waals surface area contributed by atoms with Crippen molar-refractivity contribution >= 4 is 21.7 Å². The zero-order valence-corrected chi connectivity index (χ0v) is 13.8. The number of aliphatic hydroxyl groups is 1. The fourth-order valence-electron chi connectivity index (χ4n) is 2.81. The van der Waals surface area contributed by atoms with E-state index in [4.69, 9.17) is 0 Å². The molecule has 1 aliphatic heterocycles. The zero-order valence-electron chi connectivity index (χ0n) is 12.3. The number of hydrogen-bond donors (Lipinski definition) is 2. The van der Waals surface area contributed by atoms with E-state index in [-0.39, 0.29) is 5.56 Å². The fraction of sp³-hybridized carbons (Fsp3) is 0.467. The van der Waals surface area contributed by atoms with Crippen molar-refractivity contribution < 1.29 is 5.11 Å². The number of piperazine rings is 1. The monoisotopic (exact) mass is 366 g/mol. The van der Waals surface area contributed by atoms with Gasteiger partial charge in [-0.25, -0.2) is 4.98 Å². The van der Waals surface area contributed by atoms with Crippen LogP contribution in [0, 0.1) is 0 Å². The van der Waals surface area contributed by atoms with E-state index in [2.05, 4.69) is 41.8 Å². The van der Waals surface area contributed by atoms with Gasteiger partial charge in [0.1, 0.15) is 11.6 Å². The summed E-state index contributed by atoms with van der Waals surface area (Å²) >= 11 is 3.43. The van der Waals surface area contributed by atoms with E-state index in [0.29, 0.717) is 5.76 Å². The standard InChI is InChI=1S/C15H19BrN4O2/c16-12-3-1-2-11(15(12)22)9-19-4-6-20(7-5-19)13-8-14(21)18-10-17-13/h2,8,10,22H,1,3-7,9H2,(H,17,18,21). The van der Waals surface area contributed by atoms with E-state index in [1.165, 1.54) is 12.4 Å². The molecule has 1 aromatic heterocycles. The molecule has 1 fully saturated rings. The van der Waals surface area contributed by atoms with Gasteiger partial charge in [0.2, 0.25) is 0 Å². The summed E-state index contributed by atoms with van der Waals surface area (Å²) < 4.78 is 0.899. The van der Waals surface area contributed by atoms with Gasteiger partial charge in [-0.05, 0) is 12.8 Å². The van der Waals surface area contributed by atoms with Crippen molar-refractivity contribution in [2.24, 2.45) is 0 Å². The Hall–Kier alpha value is -1.60. The van der Waals surface area contributed by atoms with Crippen LogP contribution in [0.3, 0.4) is 0 Å². The van der Waals surface area contributed by atoms with Crippen molar-refractivity contribution in [3.63, 3.8) is 0 Å². The average Bonchev–Trinajstić information content (AvgIpc) is 2.53. The predicted molar refractivity (Wildman–Crippen MR) is 89.4 cm³/mol.